The van der Waals surface area contributed by atoms with E-state index in [0.29, 0.717) is 5.82 Å². The van der Waals surface area contributed by atoms with Gasteiger partial charge in [0.1, 0.15) is 11.3 Å². The Hall–Kier alpha value is -1.79. The molecule has 17 heavy (non-hydrogen) atoms. The molecular weight excluding hydrogens is 235 g/mol. The maximum absolute atomic E-state index is 12.8. The van der Waals surface area contributed by atoms with Crippen molar-refractivity contribution in [2.75, 3.05) is 7.11 Å². The van der Waals surface area contributed by atoms with Gasteiger partial charge in [0.25, 0.3) is 0 Å². The first-order chi connectivity index (χ1) is 7.84. The van der Waals surface area contributed by atoms with E-state index in [1.54, 1.807) is 6.92 Å². The molecule has 4 nitrogen and oxygen atoms in total. The predicted octanol–water partition coefficient (Wildman–Crippen LogP) is 2.37. The van der Waals surface area contributed by atoms with Crippen molar-refractivity contribution in [2.24, 2.45) is 0 Å². The Balaban J connectivity index is 2.88. The van der Waals surface area contributed by atoms with Crippen LogP contribution in [0, 0.1) is 13.8 Å². The van der Waals surface area contributed by atoms with Crippen LogP contribution < -0.4 is 4.74 Å². The molecule has 0 N–H and O–H groups in total. The van der Waals surface area contributed by atoms with Gasteiger partial charge in [-0.2, -0.15) is 17.7 Å². The summed E-state index contributed by atoms with van der Waals surface area (Å²) in [4.78, 5) is 3.94. The molecule has 2 rings (SSSR count). The summed E-state index contributed by atoms with van der Waals surface area (Å²) in [6.45, 7) is 3.12. The minimum atomic E-state index is -4.45. The second-order valence-electron chi connectivity index (χ2n) is 3.60. The molecule has 2 heterocycles. The number of hydrogen-bond donors (Lipinski definition) is 0. The number of aryl methyl sites for hydroxylation is 2. The molecule has 0 saturated carbocycles. The Kier molecular flexibility index (Phi) is 2.48. The van der Waals surface area contributed by atoms with Crippen molar-refractivity contribution >= 4 is 5.52 Å². The molecule has 0 saturated heterocycles. The molecule has 0 bridgehead atoms. The summed E-state index contributed by atoms with van der Waals surface area (Å²) in [6, 6.07) is 0.927. The number of halogens is 3. The van der Waals surface area contributed by atoms with Crippen molar-refractivity contribution in [1.82, 2.24) is 14.6 Å². The van der Waals surface area contributed by atoms with Crippen LogP contribution in [0.25, 0.3) is 5.52 Å². The maximum Gasteiger partial charge on any atom is 0.418 e. The third-order valence-electron chi connectivity index (χ3n) is 2.37. The molecule has 2 aromatic rings. The van der Waals surface area contributed by atoms with Gasteiger partial charge in [0.2, 0.25) is 5.88 Å². The number of rotatable bonds is 1. The van der Waals surface area contributed by atoms with E-state index in [2.05, 4.69) is 10.1 Å². The van der Waals surface area contributed by atoms with Crippen LogP contribution >= 0.6 is 0 Å². The normalized spacial score (nSPS) is 12.1. The van der Waals surface area contributed by atoms with E-state index in [-0.39, 0.29) is 17.1 Å². The minimum absolute atomic E-state index is 0.0425. The second kappa shape index (κ2) is 3.61. The molecule has 0 radical (unpaired) electrons. The van der Waals surface area contributed by atoms with Gasteiger partial charge >= 0.3 is 6.18 Å². The summed E-state index contributed by atoms with van der Waals surface area (Å²) < 4.78 is 44.5. The van der Waals surface area contributed by atoms with Crippen LogP contribution in [0.5, 0.6) is 5.88 Å². The van der Waals surface area contributed by atoms with Crippen molar-refractivity contribution in [1.29, 1.82) is 0 Å². The summed E-state index contributed by atoms with van der Waals surface area (Å²) in [5.41, 5.74) is -0.583. The molecule has 0 atom stereocenters. The van der Waals surface area contributed by atoms with E-state index < -0.39 is 11.7 Å². The highest BCUT2D eigenvalue weighted by Gasteiger charge is 2.36. The van der Waals surface area contributed by atoms with Gasteiger partial charge in [-0.15, -0.1) is 5.10 Å². The highest BCUT2D eigenvalue weighted by molar-refractivity contribution is 5.62. The molecule has 0 fully saturated rings. The summed E-state index contributed by atoms with van der Waals surface area (Å²) in [5.74, 6) is 0.429. The Morgan fingerprint density at radius 2 is 1.94 bits per heavy atom. The van der Waals surface area contributed by atoms with Crippen LogP contribution in [0.4, 0.5) is 13.2 Å². The predicted molar refractivity (Wildman–Crippen MR) is 54.0 cm³/mol. The molecule has 0 aromatic carbocycles. The summed E-state index contributed by atoms with van der Waals surface area (Å²) in [5, 5.41) is 3.92. The third-order valence-corrected chi connectivity index (χ3v) is 2.37. The number of ether oxygens (including phenoxy) is 1. The Bertz CT molecular complexity index is 574. The van der Waals surface area contributed by atoms with Crippen LogP contribution in [0.15, 0.2) is 6.07 Å². The number of hydrogen-bond acceptors (Lipinski definition) is 3. The second-order valence-corrected chi connectivity index (χ2v) is 3.60. The zero-order valence-electron chi connectivity index (χ0n) is 9.46. The summed E-state index contributed by atoms with van der Waals surface area (Å²) in [6.07, 6.45) is -4.45. The summed E-state index contributed by atoms with van der Waals surface area (Å²) in [7, 11) is 1.30. The van der Waals surface area contributed by atoms with Gasteiger partial charge in [0.05, 0.1) is 18.4 Å². The molecule has 0 spiro atoms. The van der Waals surface area contributed by atoms with Gasteiger partial charge in [-0.25, -0.2) is 4.98 Å². The monoisotopic (exact) mass is 245 g/mol. The van der Waals surface area contributed by atoms with Gasteiger partial charge in [0.15, 0.2) is 0 Å². The summed E-state index contributed by atoms with van der Waals surface area (Å²) >= 11 is 0. The highest BCUT2D eigenvalue weighted by Crippen LogP contribution is 2.37. The minimum Gasteiger partial charge on any atom is -0.481 e. The number of fused-ring (bicyclic) bond motifs is 1. The standard InChI is InChI=1S/C10H10F3N3O/c1-5-9-7(10(11,12)13)4-8(17-3)16(9)15-6(2)14-5/h4H,1-3H3. The lowest BCUT2D eigenvalue weighted by molar-refractivity contribution is -0.136. The van der Waals surface area contributed by atoms with E-state index >= 15 is 0 Å². The van der Waals surface area contributed by atoms with Crippen LogP contribution in [0.2, 0.25) is 0 Å². The molecule has 0 unspecified atom stereocenters. The number of alkyl halides is 3. The fourth-order valence-electron chi connectivity index (χ4n) is 1.75. The Labute approximate surface area is 95.0 Å². The molecule has 7 heteroatoms. The van der Waals surface area contributed by atoms with E-state index in [4.69, 9.17) is 4.74 Å². The van der Waals surface area contributed by atoms with Crippen LogP contribution in [-0.2, 0) is 6.18 Å². The SMILES string of the molecule is COc1cc(C(F)(F)F)c2c(C)nc(C)nn12. The zero-order chi connectivity index (χ0) is 12.8. The fourth-order valence-corrected chi connectivity index (χ4v) is 1.75. The zero-order valence-corrected chi connectivity index (χ0v) is 9.46. The van der Waals surface area contributed by atoms with Gasteiger partial charge in [-0.3, -0.25) is 0 Å². The lowest BCUT2D eigenvalue weighted by Gasteiger charge is -2.06. The topological polar surface area (TPSA) is 39.4 Å². The van der Waals surface area contributed by atoms with Crippen molar-refractivity contribution in [3.8, 4) is 5.88 Å². The largest absolute Gasteiger partial charge is 0.481 e. The van der Waals surface area contributed by atoms with E-state index in [1.807, 2.05) is 0 Å². The average molecular weight is 245 g/mol. The van der Waals surface area contributed by atoms with Crippen LogP contribution in [0.3, 0.4) is 0 Å². The number of aromatic nitrogens is 3. The highest BCUT2D eigenvalue weighted by atomic mass is 19.4. The van der Waals surface area contributed by atoms with Gasteiger partial charge in [0, 0.05) is 6.07 Å². The molecular formula is C10H10F3N3O. The lowest BCUT2D eigenvalue weighted by Crippen LogP contribution is -2.07. The fraction of sp³-hybridized carbons (Fsp3) is 0.400. The number of nitrogens with zero attached hydrogens (tertiary/aromatic N) is 3. The Morgan fingerprint density at radius 3 is 2.47 bits per heavy atom. The van der Waals surface area contributed by atoms with Crippen molar-refractivity contribution in [3.63, 3.8) is 0 Å². The van der Waals surface area contributed by atoms with Crippen LogP contribution in [-0.4, -0.2) is 21.7 Å². The van der Waals surface area contributed by atoms with Crippen LogP contribution in [0.1, 0.15) is 17.1 Å². The van der Waals surface area contributed by atoms with E-state index in [0.717, 1.165) is 10.6 Å². The third kappa shape index (κ3) is 1.81. The lowest BCUT2D eigenvalue weighted by atomic mass is 10.2. The van der Waals surface area contributed by atoms with Gasteiger partial charge < -0.3 is 4.74 Å². The molecule has 92 valence electrons. The maximum atomic E-state index is 12.8. The van der Waals surface area contributed by atoms with Gasteiger partial charge in [-0.1, -0.05) is 0 Å². The van der Waals surface area contributed by atoms with E-state index in [1.165, 1.54) is 14.0 Å². The molecule has 2 aromatic heterocycles. The molecule has 0 amide bonds. The molecule has 0 aliphatic rings. The number of methoxy groups -OCH3 is 1. The first kappa shape index (κ1) is 11.7. The van der Waals surface area contributed by atoms with Crippen molar-refractivity contribution < 1.29 is 17.9 Å². The average Bonchev–Trinajstić information content (AvgIpc) is 2.55. The first-order valence-electron chi connectivity index (χ1n) is 4.82. The molecule has 0 aliphatic heterocycles. The first-order valence-corrected chi connectivity index (χ1v) is 4.82. The van der Waals surface area contributed by atoms with Crippen molar-refractivity contribution in [2.45, 2.75) is 20.0 Å². The smallest absolute Gasteiger partial charge is 0.418 e. The quantitative estimate of drug-likeness (QED) is 0.774. The van der Waals surface area contributed by atoms with E-state index in [9.17, 15) is 13.2 Å². The van der Waals surface area contributed by atoms with Crippen molar-refractivity contribution in [3.05, 3.63) is 23.1 Å². The molecule has 0 aliphatic carbocycles. The Morgan fingerprint density at radius 1 is 1.29 bits per heavy atom. The van der Waals surface area contributed by atoms with Gasteiger partial charge in [-0.05, 0) is 13.8 Å².